The van der Waals surface area contributed by atoms with Gasteiger partial charge in [-0.2, -0.15) is 0 Å². The molecule has 7 rings (SSSR count). The van der Waals surface area contributed by atoms with Crippen molar-refractivity contribution in [3.8, 4) is 0 Å². The maximum Gasteiger partial charge on any atom is 0.292 e. The van der Waals surface area contributed by atoms with Crippen LogP contribution in [0, 0.1) is 11.8 Å². The molecule has 0 bridgehead atoms. The van der Waals surface area contributed by atoms with Crippen molar-refractivity contribution in [3.05, 3.63) is 179 Å². The van der Waals surface area contributed by atoms with E-state index in [2.05, 4.69) is 69.8 Å². The van der Waals surface area contributed by atoms with E-state index in [0.717, 1.165) is 103 Å². The summed E-state index contributed by atoms with van der Waals surface area (Å²) in [6.45, 7) is 0. The molecule has 0 unspecified atom stereocenters. The van der Waals surface area contributed by atoms with E-state index in [1.165, 1.54) is 46.5 Å². The van der Waals surface area contributed by atoms with Crippen LogP contribution >= 0.6 is 0 Å². The molecule has 4 N–H and O–H groups in total. The molecule has 2 aliphatic carbocycles. The van der Waals surface area contributed by atoms with Gasteiger partial charge in [0.25, 0.3) is 11.8 Å². The molecule has 2 fully saturated rings. The van der Waals surface area contributed by atoms with Crippen molar-refractivity contribution in [2.75, 3.05) is 0 Å². The van der Waals surface area contributed by atoms with E-state index in [4.69, 9.17) is 0 Å². The van der Waals surface area contributed by atoms with E-state index >= 15 is 0 Å². The molecule has 4 amide bonds. The van der Waals surface area contributed by atoms with Crippen LogP contribution in [0.1, 0.15) is 146 Å². The fourth-order valence-electron chi connectivity index (χ4n) is 10.7. The van der Waals surface area contributed by atoms with Gasteiger partial charge in [-0.3, -0.25) is 28.8 Å². The second kappa shape index (κ2) is 28.4. The molecule has 10 heteroatoms. The van der Waals surface area contributed by atoms with Crippen molar-refractivity contribution < 1.29 is 28.8 Å². The Morgan fingerprint density at radius 2 is 0.653 bits per heavy atom. The van der Waals surface area contributed by atoms with Crippen LogP contribution in [-0.2, 0) is 44.9 Å². The largest absolute Gasteiger partial charge is 0.353 e. The summed E-state index contributed by atoms with van der Waals surface area (Å²) in [6.07, 6.45) is 16.5. The molecule has 0 spiro atoms. The minimum atomic E-state index is -0.810. The Morgan fingerprint density at radius 1 is 0.375 bits per heavy atom. The predicted octanol–water partition coefficient (Wildman–Crippen LogP) is 10.5. The molecule has 0 aliphatic heterocycles. The highest BCUT2D eigenvalue weighted by Crippen LogP contribution is 2.28. The molecule has 10 nitrogen and oxygen atoms in total. The van der Waals surface area contributed by atoms with Crippen LogP contribution in [0.5, 0.6) is 0 Å². The number of carbonyl (C=O) groups is 6. The number of amides is 4. The fraction of sp³-hybridized carbons (Fsp3) is 0.419. The smallest absolute Gasteiger partial charge is 0.292 e. The summed E-state index contributed by atoms with van der Waals surface area (Å²) < 4.78 is 0. The van der Waals surface area contributed by atoms with Crippen LogP contribution in [0.3, 0.4) is 0 Å². The van der Waals surface area contributed by atoms with Crippen LogP contribution in [0.15, 0.2) is 146 Å². The van der Waals surface area contributed by atoms with Gasteiger partial charge in [0.15, 0.2) is 0 Å². The molecule has 4 atom stereocenters. The molecular formula is C62H74N4O6. The molecule has 0 heterocycles. The van der Waals surface area contributed by atoms with Gasteiger partial charge in [0, 0.05) is 35.3 Å². The number of rotatable bonds is 26. The molecule has 5 aromatic rings. The Balaban J connectivity index is 0.906. The zero-order chi connectivity index (χ0) is 50.3. The average Bonchev–Trinajstić information content (AvgIpc) is 3.41. The Bertz CT molecular complexity index is 2220. The van der Waals surface area contributed by atoms with Crippen molar-refractivity contribution >= 4 is 35.2 Å². The summed E-state index contributed by atoms with van der Waals surface area (Å²) in [7, 11) is 0. The van der Waals surface area contributed by atoms with Crippen molar-refractivity contribution in [3.63, 3.8) is 0 Å². The SMILES string of the molecule is O=C(N[C@H]1CCCC[C@H]1C(=O)NC(CCCc1ccccc1)CCCc1ccccc1)C(=O)c1ccc(C(=O)C(=O)N[C@H]2CCCC[C@H]2C(=O)NC(CCCc2ccccc2)CCCc2ccccc2)cc1. The third kappa shape index (κ3) is 16.7. The van der Waals surface area contributed by atoms with Gasteiger partial charge in [-0.05, 0) is 125 Å². The first-order chi connectivity index (χ1) is 35.2. The standard InChI is InChI=1S/C62H74N4O6/c67-57(61(71)65-55-39-15-13-37-53(55)59(69)63-51(33-17-29-45-21-5-1-6-22-45)34-18-30-46-23-7-2-8-24-46)49-41-43-50(44-42-49)58(68)62(72)66-56-40-16-14-38-54(56)60(70)64-52(35-19-31-47-25-9-3-10-26-47)36-20-32-48-27-11-4-12-28-48/h1-12,21-28,41-44,51-56H,13-20,29-40H2,(H,63,69)(H,64,70)(H,65,71)(H,66,72)/t53-,54-,55+,56+/m1/s1. The second-order valence-electron chi connectivity index (χ2n) is 20.1. The minimum absolute atomic E-state index is 0.0180. The summed E-state index contributed by atoms with van der Waals surface area (Å²) in [4.78, 5) is 82.1. The predicted molar refractivity (Wildman–Crippen MR) is 284 cm³/mol. The molecule has 378 valence electrons. The van der Waals surface area contributed by atoms with Crippen molar-refractivity contribution in [2.24, 2.45) is 11.8 Å². The number of ketones is 2. The van der Waals surface area contributed by atoms with Gasteiger partial charge in [-0.1, -0.05) is 171 Å². The molecule has 2 saturated carbocycles. The Hall–Kier alpha value is -6.68. The molecule has 0 saturated heterocycles. The monoisotopic (exact) mass is 971 g/mol. The van der Waals surface area contributed by atoms with Gasteiger partial charge in [0.2, 0.25) is 23.4 Å². The molecular weight excluding hydrogens is 897 g/mol. The van der Waals surface area contributed by atoms with E-state index < -0.39 is 47.3 Å². The maximum atomic E-state index is 14.0. The lowest BCUT2D eigenvalue weighted by molar-refractivity contribution is -0.129. The summed E-state index contributed by atoms with van der Waals surface area (Å²) in [6, 6.07) is 45.9. The lowest BCUT2D eigenvalue weighted by Gasteiger charge is -2.32. The number of benzene rings is 5. The average molecular weight is 971 g/mol. The highest BCUT2D eigenvalue weighted by molar-refractivity contribution is 6.44. The number of aryl methyl sites for hydroxylation is 4. The summed E-state index contributed by atoms with van der Waals surface area (Å²) in [5, 5.41) is 12.5. The minimum Gasteiger partial charge on any atom is -0.353 e. The first-order valence-electron chi connectivity index (χ1n) is 26.8. The van der Waals surface area contributed by atoms with Crippen LogP contribution in [0.25, 0.3) is 0 Å². The van der Waals surface area contributed by atoms with E-state index in [1.807, 2.05) is 72.8 Å². The summed E-state index contributed by atoms with van der Waals surface area (Å²) in [5.41, 5.74) is 5.22. The van der Waals surface area contributed by atoms with Crippen LogP contribution in [-0.4, -0.2) is 59.4 Å². The number of hydrogen-bond acceptors (Lipinski definition) is 6. The number of hydrogen-bond donors (Lipinski definition) is 4. The Morgan fingerprint density at radius 3 is 0.944 bits per heavy atom. The van der Waals surface area contributed by atoms with Crippen molar-refractivity contribution in [2.45, 2.75) is 153 Å². The molecule has 72 heavy (non-hydrogen) atoms. The summed E-state index contributed by atoms with van der Waals surface area (Å²) in [5.74, 6) is -4.30. The molecule has 5 aromatic carbocycles. The van der Waals surface area contributed by atoms with Gasteiger partial charge < -0.3 is 21.3 Å². The first-order valence-corrected chi connectivity index (χ1v) is 26.8. The van der Waals surface area contributed by atoms with E-state index in [0.29, 0.717) is 25.7 Å². The Labute approximate surface area is 426 Å². The van der Waals surface area contributed by atoms with Crippen molar-refractivity contribution in [1.82, 2.24) is 21.3 Å². The highest BCUT2D eigenvalue weighted by atomic mass is 16.2. The normalized spacial score (nSPS) is 17.7. The maximum absolute atomic E-state index is 14.0. The van der Waals surface area contributed by atoms with Gasteiger partial charge >= 0.3 is 0 Å². The third-order valence-electron chi connectivity index (χ3n) is 14.8. The van der Waals surface area contributed by atoms with E-state index in [1.54, 1.807) is 0 Å². The quantitative estimate of drug-likeness (QED) is 0.0320. The number of nitrogens with one attached hydrogen (secondary N) is 4. The third-order valence-corrected chi connectivity index (χ3v) is 14.8. The molecule has 2 aliphatic rings. The van der Waals surface area contributed by atoms with E-state index in [9.17, 15) is 28.8 Å². The van der Waals surface area contributed by atoms with Gasteiger partial charge in [-0.25, -0.2) is 0 Å². The zero-order valence-electron chi connectivity index (χ0n) is 41.9. The molecule has 0 aromatic heterocycles. The van der Waals surface area contributed by atoms with Crippen LogP contribution in [0.2, 0.25) is 0 Å². The van der Waals surface area contributed by atoms with Crippen LogP contribution < -0.4 is 21.3 Å². The topological polar surface area (TPSA) is 151 Å². The lowest BCUT2D eigenvalue weighted by atomic mass is 9.83. The number of Topliss-reactive ketones (excluding diaryl/α,β-unsaturated/α-hetero) is 2. The Kier molecular flexibility index (Phi) is 20.9. The van der Waals surface area contributed by atoms with Gasteiger partial charge in [0.05, 0.1) is 11.8 Å². The molecule has 0 radical (unpaired) electrons. The highest BCUT2D eigenvalue weighted by Gasteiger charge is 2.36. The van der Waals surface area contributed by atoms with Crippen molar-refractivity contribution in [1.29, 1.82) is 0 Å². The van der Waals surface area contributed by atoms with Crippen LogP contribution in [0.4, 0.5) is 0 Å². The first kappa shape index (κ1) is 53.1. The van der Waals surface area contributed by atoms with Gasteiger partial charge in [-0.15, -0.1) is 0 Å². The second-order valence-corrected chi connectivity index (χ2v) is 20.1. The van der Waals surface area contributed by atoms with Gasteiger partial charge in [0.1, 0.15) is 0 Å². The fourth-order valence-corrected chi connectivity index (χ4v) is 10.7. The van der Waals surface area contributed by atoms with E-state index in [-0.39, 0.29) is 35.0 Å². The zero-order valence-corrected chi connectivity index (χ0v) is 41.9. The lowest BCUT2D eigenvalue weighted by Crippen LogP contribution is -2.51. The summed E-state index contributed by atoms with van der Waals surface area (Å²) >= 11 is 0. The number of carbonyl (C=O) groups excluding carboxylic acids is 6.